The van der Waals surface area contributed by atoms with E-state index in [-0.39, 0.29) is 5.92 Å². The summed E-state index contributed by atoms with van der Waals surface area (Å²) in [5.41, 5.74) is 1.12. The maximum atomic E-state index is 3.99. The van der Waals surface area contributed by atoms with Crippen molar-refractivity contribution in [3.63, 3.8) is 0 Å². The molecule has 0 aliphatic heterocycles. The molecule has 0 amide bonds. The molecule has 3 heteroatoms. The highest BCUT2D eigenvalue weighted by Crippen LogP contribution is 2.10. The molecule has 86 valence electrons. The Morgan fingerprint density at radius 2 is 1.88 bits per heavy atom. The molecule has 0 aliphatic carbocycles. The van der Waals surface area contributed by atoms with E-state index in [1.54, 1.807) is 18.6 Å². The lowest BCUT2D eigenvalue weighted by molar-refractivity contribution is 0.900. The standard InChI is InChI=1S/C13H19N3/c1-5-9-15-16-10-8-12(4)13(6-2)11-14-7-3/h5-12H,3H2,1-2,4H3/b9-5-,10-8+,13-6+,14-11?,16-15-. The van der Waals surface area contributed by atoms with Crippen molar-refractivity contribution in [3.8, 4) is 0 Å². The van der Waals surface area contributed by atoms with Crippen LogP contribution in [0.15, 0.2) is 64.2 Å². The van der Waals surface area contributed by atoms with E-state index in [9.17, 15) is 0 Å². The predicted molar refractivity (Wildman–Crippen MR) is 70.4 cm³/mol. The highest BCUT2D eigenvalue weighted by Gasteiger charge is 2.00. The van der Waals surface area contributed by atoms with E-state index in [1.807, 2.05) is 32.1 Å². The van der Waals surface area contributed by atoms with E-state index in [2.05, 4.69) is 28.7 Å². The first-order valence-electron chi connectivity index (χ1n) is 5.24. The molecule has 16 heavy (non-hydrogen) atoms. The summed E-state index contributed by atoms with van der Waals surface area (Å²) >= 11 is 0. The molecule has 0 fully saturated rings. The molecule has 3 nitrogen and oxygen atoms in total. The molecule has 0 N–H and O–H groups in total. The van der Waals surface area contributed by atoms with Crippen LogP contribution in [0.1, 0.15) is 20.8 Å². The topological polar surface area (TPSA) is 37.1 Å². The third kappa shape index (κ3) is 6.65. The van der Waals surface area contributed by atoms with Gasteiger partial charge in [0, 0.05) is 30.7 Å². The molecule has 0 aromatic carbocycles. The van der Waals surface area contributed by atoms with Gasteiger partial charge in [-0.2, -0.15) is 10.2 Å². The highest BCUT2D eigenvalue weighted by atomic mass is 15.1. The maximum Gasteiger partial charge on any atom is 0.0461 e. The Morgan fingerprint density at radius 3 is 2.44 bits per heavy atom. The molecule has 0 bridgehead atoms. The minimum atomic E-state index is 0.262. The smallest absolute Gasteiger partial charge is 0.0461 e. The second-order valence-electron chi connectivity index (χ2n) is 3.09. The molecule has 1 atom stereocenters. The fraction of sp³-hybridized carbons (Fsp3) is 0.308. The molecule has 0 aromatic rings. The van der Waals surface area contributed by atoms with Gasteiger partial charge >= 0.3 is 0 Å². The molecule has 0 aromatic heterocycles. The van der Waals surface area contributed by atoms with Crippen LogP contribution in [0.5, 0.6) is 0 Å². The summed E-state index contributed by atoms with van der Waals surface area (Å²) in [5.74, 6) is 0.262. The lowest BCUT2D eigenvalue weighted by Gasteiger charge is -2.04. The Balaban J connectivity index is 4.37. The molecule has 0 spiro atoms. The highest BCUT2D eigenvalue weighted by molar-refractivity contribution is 5.79. The average Bonchev–Trinajstić information content (AvgIpc) is 2.30. The van der Waals surface area contributed by atoms with Gasteiger partial charge in [-0.3, -0.25) is 4.99 Å². The van der Waals surface area contributed by atoms with Crippen molar-refractivity contribution in [1.82, 2.24) is 0 Å². The van der Waals surface area contributed by atoms with Crippen molar-refractivity contribution in [2.75, 3.05) is 0 Å². The summed E-state index contributed by atoms with van der Waals surface area (Å²) < 4.78 is 0. The molecule has 0 rings (SSSR count). The van der Waals surface area contributed by atoms with Gasteiger partial charge in [-0.25, -0.2) is 0 Å². The molecule has 0 saturated heterocycles. The van der Waals surface area contributed by atoms with Crippen LogP contribution in [0, 0.1) is 5.92 Å². The zero-order valence-electron chi connectivity index (χ0n) is 10.2. The average molecular weight is 217 g/mol. The van der Waals surface area contributed by atoms with E-state index in [1.165, 1.54) is 6.20 Å². The molecular formula is C13H19N3. The Kier molecular flexibility index (Phi) is 8.69. The largest absolute Gasteiger partial charge is 0.265 e. The number of hydrogen-bond donors (Lipinski definition) is 0. The van der Waals surface area contributed by atoms with Gasteiger partial charge in [-0.1, -0.05) is 31.7 Å². The molecule has 1 unspecified atom stereocenters. The zero-order chi connectivity index (χ0) is 12.2. The summed E-state index contributed by atoms with van der Waals surface area (Å²) in [6, 6.07) is 0. The van der Waals surface area contributed by atoms with Crippen molar-refractivity contribution in [1.29, 1.82) is 0 Å². The number of azo groups is 1. The van der Waals surface area contributed by atoms with Gasteiger partial charge in [0.25, 0.3) is 0 Å². The Labute approximate surface area is 97.7 Å². The quantitative estimate of drug-likeness (QED) is 0.470. The van der Waals surface area contributed by atoms with Gasteiger partial charge in [0.1, 0.15) is 0 Å². The molecule has 0 saturated carbocycles. The molecular weight excluding hydrogens is 198 g/mol. The van der Waals surface area contributed by atoms with Gasteiger partial charge in [0.15, 0.2) is 0 Å². The third-order valence-electron chi connectivity index (χ3n) is 1.91. The summed E-state index contributed by atoms with van der Waals surface area (Å²) in [5, 5.41) is 7.66. The van der Waals surface area contributed by atoms with Crippen LogP contribution in [-0.4, -0.2) is 6.21 Å². The maximum absolute atomic E-state index is 3.99. The van der Waals surface area contributed by atoms with Crippen LogP contribution in [0.2, 0.25) is 0 Å². The lowest BCUT2D eigenvalue weighted by atomic mass is 10.0. The predicted octanol–water partition coefficient (Wildman–Crippen LogP) is 4.28. The first-order chi connectivity index (χ1) is 7.76. The summed E-state index contributed by atoms with van der Waals surface area (Å²) in [6.07, 6.45) is 12.5. The third-order valence-corrected chi connectivity index (χ3v) is 1.91. The number of rotatable bonds is 6. The number of hydrogen-bond acceptors (Lipinski definition) is 3. The number of allylic oxidation sites excluding steroid dienone is 4. The van der Waals surface area contributed by atoms with Crippen molar-refractivity contribution in [2.45, 2.75) is 20.8 Å². The van der Waals surface area contributed by atoms with Crippen molar-refractivity contribution >= 4 is 6.21 Å². The molecule has 0 heterocycles. The Bertz CT molecular complexity index is 333. The fourth-order valence-corrected chi connectivity index (χ4v) is 1.02. The second kappa shape index (κ2) is 9.77. The Hall–Kier alpha value is -1.77. The van der Waals surface area contributed by atoms with Gasteiger partial charge in [0.05, 0.1) is 0 Å². The van der Waals surface area contributed by atoms with E-state index in [4.69, 9.17) is 0 Å². The van der Waals surface area contributed by atoms with Crippen LogP contribution in [0.4, 0.5) is 0 Å². The summed E-state index contributed by atoms with van der Waals surface area (Å²) in [4.78, 5) is 3.99. The van der Waals surface area contributed by atoms with Crippen LogP contribution >= 0.6 is 0 Å². The van der Waals surface area contributed by atoms with Crippen molar-refractivity contribution in [3.05, 3.63) is 49.0 Å². The minimum Gasteiger partial charge on any atom is -0.265 e. The SMILES string of the molecule is C=CN=C/C(=C\C)C(C)/C=C/N=N\C=C/C. The lowest BCUT2D eigenvalue weighted by Crippen LogP contribution is -1.96. The van der Waals surface area contributed by atoms with Gasteiger partial charge in [-0.05, 0) is 19.4 Å². The molecule has 0 radical (unpaired) electrons. The monoisotopic (exact) mass is 217 g/mol. The summed E-state index contributed by atoms with van der Waals surface area (Å²) in [6.45, 7) is 9.49. The van der Waals surface area contributed by atoms with Crippen LogP contribution < -0.4 is 0 Å². The van der Waals surface area contributed by atoms with Crippen LogP contribution in [0.3, 0.4) is 0 Å². The first kappa shape index (κ1) is 14.2. The summed E-state index contributed by atoms with van der Waals surface area (Å²) in [7, 11) is 0. The van der Waals surface area contributed by atoms with Crippen LogP contribution in [-0.2, 0) is 0 Å². The first-order valence-corrected chi connectivity index (χ1v) is 5.24. The van der Waals surface area contributed by atoms with Gasteiger partial charge in [-0.15, -0.1) is 0 Å². The second-order valence-corrected chi connectivity index (χ2v) is 3.09. The zero-order valence-corrected chi connectivity index (χ0v) is 10.2. The molecule has 0 aliphatic rings. The van der Waals surface area contributed by atoms with E-state index >= 15 is 0 Å². The normalized spacial score (nSPS) is 15.8. The van der Waals surface area contributed by atoms with Gasteiger partial charge < -0.3 is 0 Å². The minimum absolute atomic E-state index is 0.262. The van der Waals surface area contributed by atoms with Crippen molar-refractivity contribution < 1.29 is 0 Å². The van der Waals surface area contributed by atoms with Crippen LogP contribution in [0.25, 0.3) is 0 Å². The van der Waals surface area contributed by atoms with E-state index < -0.39 is 0 Å². The fourth-order valence-electron chi connectivity index (χ4n) is 1.02. The van der Waals surface area contributed by atoms with Crippen molar-refractivity contribution in [2.24, 2.45) is 21.1 Å². The Morgan fingerprint density at radius 1 is 1.19 bits per heavy atom. The number of nitrogens with zero attached hydrogens (tertiary/aromatic N) is 3. The number of aliphatic imine (C=N–C) groups is 1. The van der Waals surface area contributed by atoms with E-state index in [0.717, 1.165) is 5.57 Å². The van der Waals surface area contributed by atoms with E-state index in [0.29, 0.717) is 0 Å². The van der Waals surface area contributed by atoms with Gasteiger partial charge in [0.2, 0.25) is 0 Å².